The average Bonchev–Trinajstić information content (AvgIpc) is 2.84. The molecular weight excluding hydrogens is 252 g/mol. The molecular formula is C16H28N2S. The van der Waals surface area contributed by atoms with E-state index in [0.29, 0.717) is 0 Å². The number of nitrogens with zero attached hydrogens (tertiary/aromatic N) is 1. The Bertz CT molecular complexity index is 348. The van der Waals surface area contributed by atoms with Gasteiger partial charge in [-0.2, -0.15) is 0 Å². The fourth-order valence-corrected chi connectivity index (χ4v) is 3.93. The lowest BCUT2D eigenvalue weighted by molar-refractivity contribution is 0.183. The van der Waals surface area contributed by atoms with E-state index in [2.05, 4.69) is 37.3 Å². The van der Waals surface area contributed by atoms with Crippen molar-refractivity contribution < 1.29 is 0 Å². The molecule has 1 fully saturated rings. The second kappa shape index (κ2) is 7.39. The van der Waals surface area contributed by atoms with Crippen LogP contribution in [-0.4, -0.2) is 18.1 Å². The van der Waals surface area contributed by atoms with Crippen molar-refractivity contribution in [1.29, 1.82) is 0 Å². The molecule has 3 unspecified atom stereocenters. The van der Waals surface area contributed by atoms with Gasteiger partial charge in [0.15, 0.2) is 0 Å². The second-order valence-electron chi connectivity index (χ2n) is 6.66. The summed E-state index contributed by atoms with van der Waals surface area (Å²) in [4.78, 5) is 5.69. The molecule has 0 bridgehead atoms. The van der Waals surface area contributed by atoms with Crippen LogP contribution in [0.5, 0.6) is 0 Å². The van der Waals surface area contributed by atoms with E-state index in [0.717, 1.165) is 30.2 Å². The largest absolute Gasteiger partial charge is 0.316 e. The lowest BCUT2D eigenvalue weighted by Gasteiger charge is -2.35. The Morgan fingerprint density at radius 1 is 1.37 bits per heavy atom. The van der Waals surface area contributed by atoms with Crippen LogP contribution in [0.2, 0.25) is 0 Å². The zero-order chi connectivity index (χ0) is 13.7. The highest BCUT2D eigenvalue weighted by Crippen LogP contribution is 2.36. The molecule has 1 saturated carbocycles. The molecule has 0 aromatic carbocycles. The number of nitrogens with one attached hydrogen (secondary N) is 1. The highest BCUT2D eigenvalue weighted by molar-refractivity contribution is 7.09. The molecule has 3 heteroatoms. The van der Waals surface area contributed by atoms with Gasteiger partial charge >= 0.3 is 0 Å². The number of aromatic nitrogens is 1. The zero-order valence-corrected chi connectivity index (χ0v) is 13.4. The van der Waals surface area contributed by atoms with Crippen LogP contribution >= 0.6 is 11.3 Å². The van der Waals surface area contributed by atoms with Gasteiger partial charge in [0.2, 0.25) is 0 Å². The van der Waals surface area contributed by atoms with Gasteiger partial charge in [0, 0.05) is 11.1 Å². The molecule has 0 aliphatic heterocycles. The summed E-state index contributed by atoms with van der Waals surface area (Å²) in [5.74, 6) is 3.36. The Morgan fingerprint density at radius 2 is 2.21 bits per heavy atom. The van der Waals surface area contributed by atoms with E-state index >= 15 is 0 Å². The lowest BCUT2D eigenvalue weighted by Crippen LogP contribution is -2.35. The van der Waals surface area contributed by atoms with Gasteiger partial charge in [-0.25, -0.2) is 0 Å². The van der Waals surface area contributed by atoms with Gasteiger partial charge in [0.1, 0.15) is 0 Å². The molecule has 19 heavy (non-hydrogen) atoms. The van der Waals surface area contributed by atoms with Crippen LogP contribution in [-0.2, 0) is 6.42 Å². The third-order valence-electron chi connectivity index (χ3n) is 4.31. The monoisotopic (exact) mass is 280 g/mol. The van der Waals surface area contributed by atoms with Crippen molar-refractivity contribution in [2.75, 3.05) is 13.1 Å². The van der Waals surface area contributed by atoms with E-state index < -0.39 is 0 Å². The number of thiazole rings is 1. The molecule has 0 spiro atoms. The minimum atomic E-state index is 0.752. The molecule has 1 heterocycles. The smallest absolute Gasteiger partial charge is 0.0794 e. The third-order valence-corrected chi connectivity index (χ3v) is 5.11. The summed E-state index contributed by atoms with van der Waals surface area (Å²) >= 11 is 1.82. The molecule has 1 aromatic heterocycles. The standard InChI is InChI=1S/C16H28N2S/c1-12(2)8-17-9-14-5-4-13(3)6-15(14)7-16-10-18-11-19-16/h10-15,17H,4-9H2,1-3H3. The van der Waals surface area contributed by atoms with Crippen LogP contribution in [0.15, 0.2) is 11.7 Å². The number of hydrogen-bond donors (Lipinski definition) is 1. The molecule has 0 amide bonds. The fraction of sp³-hybridized carbons (Fsp3) is 0.812. The van der Waals surface area contributed by atoms with Crippen LogP contribution in [0.25, 0.3) is 0 Å². The quantitative estimate of drug-likeness (QED) is 0.852. The van der Waals surface area contributed by atoms with Crippen molar-refractivity contribution in [3.63, 3.8) is 0 Å². The van der Waals surface area contributed by atoms with Gasteiger partial charge in [-0.05, 0) is 56.0 Å². The molecule has 2 rings (SSSR count). The summed E-state index contributed by atoms with van der Waals surface area (Å²) in [5.41, 5.74) is 1.97. The van der Waals surface area contributed by atoms with Crippen molar-refractivity contribution in [1.82, 2.24) is 10.3 Å². The maximum Gasteiger partial charge on any atom is 0.0794 e. The molecule has 2 nitrogen and oxygen atoms in total. The van der Waals surface area contributed by atoms with Gasteiger partial charge < -0.3 is 5.32 Å². The Kier molecular flexibility index (Phi) is 5.83. The number of hydrogen-bond acceptors (Lipinski definition) is 3. The van der Waals surface area contributed by atoms with Gasteiger partial charge in [-0.3, -0.25) is 4.98 Å². The van der Waals surface area contributed by atoms with Gasteiger partial charge in [-0.15, -0.1) is 11.3 Å². The van der Waals surface area contributed by atoms with Crippen LogP contribution in [0.3, 0.4) is 0 Å². The van der Waals surface area contributed by atoms with Crippen LogP contribution in [0.1, 0.15) is 44.9 Å². The van der Waals surface area contributed by atoms with E-state index in [1.54, 1.807) is 0 Å². The average molecular weight is 280 g/mol. The molecule has 1 aromatic rings. The van der Waals surface area contributed by atoms with Gasteiger partial charge in [0.25, 0.3) is 0 Å². The van der Waals surface area contributed by atoms with Crippen molar-refractivity contribution in [3.8, 4) is 0 Å². The molecule has 108 valence electrons. The summed E-state index contributed by atoms with van der Waals surface area (Å²) in [6.45, 7) is 9.33. The molecule has 0 saturated heterocycles. The van der Waals surface area contributed by atoms with Crippen LogP contribution in [0, 0.1) is 23.7 Å². The van der Waals surface area contributed by atoms with E-state index in [-0.39, 0.29) is 0 Å². The highest BCUT2D eigenvalue weighted by Gasteiger charge is 2.28. The van der Waals surface area contributed by atoms with E-state index in [9.17, 15) is 0 Å². The van der Waals surface area contributed by atoms with Crippen molar-refractivity contribution in [3.05, 3.63) is 16.6 Å². The maximum absolute atomic E-state index is 4.22. The summed E-state index contributed by atoms with van der Waals surface area (Å²) in [5, 5.41) is 3.67. The highest BCUT2D eigenvalue weighted by atomic mass is 32.1. The Labute approximate surface area is 122 Å². The van der Waals surface area contributed by atoms with E-state index in [4.69, 9.17) is 0 Å². The molecule has 1 N–H and O–H groups in total. The minimum absolute atomic E-state index is 0.752. The number of rotatable bonds is 6. The Morgan fingerprint density at radius 3 is 2.89 bits per heavy atom. The maximum atomic E-state index is 4.22. The predicted octanol–water partition coefficient (Wildman–Crippen LogP) is 3.98. The molecule has 3 atom stereocenters. The first-order valence-electron chi connectivity index (χ1n) is 7.73. The summed E-state index contributed by atoms with van der Waals surface area (Å²) in [7, 11) is 0. The van der Waals surface area contributed by atoms with Gasteiger partial charge in [-0.1, -0.05) is 27.2 Å². The Balaban J connectivity index is 1.87. The molecule has 0 radical (unpaired) electrons. The molecule has 1 aliphatic rings. The second-order valence-corrected chi connectivity index (χ2v) is 7.63. The first kappa shape index (κ1) is 15.0. The first-order valence-corrected chi connectivity index (χ1v) is 8.61. The van der Waals surface area contributed by atoms with Crippen LogP contribution < -0.4 is 5.32 Å². The van der Waals surface area contributed by atoms with Crippen molar-refractivity contribution >= 4 is 11.3 Å². The molecule has 1 aliphatic carbocycles. The van der Waals surface area contributed by atoms with Crippen LogP contribution in [0.4, 0.5) is 0 Å². The van der Waals surface area contributed by atoms with Crippen molar-refractivity contribution in [2.24, 2.45) is 23.7 Å². The topological polar surface area (TPSA) is 24.9 Å². The lowest BCUT2D eigenvalue weighted by atomic mass is 9.73. The van der Waals surface area contributed by atoms with Gasteiger partial charge in [0.05, 0.1) is 5.51 Å². The summed E-state index contributed by atoms with van der Waals surface area (Å²) in [6.07, 6.45) is 7.50. The van der Waals surface area contributed by atoms with E-state index in [1.807, 2.05) is 16.8 Å². The van der Waals surface area contributed by atoms with Crippen molar-refractivity contribution in [2.45, 2.75) is 46.5 Å². The fourth-order valence-electron chi connectivity index (χ4n) is 3.24. The third kappa shape index (κ3) is 4.88. The summed E-state index contributed by atoms with van der Waals surface area (Å²) in [6, 6.07) is 0. The zero-order valence-electron chi connectivity index (χ0n) is 12.6. The normalized spacial score (nSPS) is 27.9. The predicted molar refractivity (Wildman–Crippen MR) is 83.5 cm³/mol. The minimum Gasteiger partial charge on any atom is -0.316 e. The Hall–Kier alpha value is -0.410. The summed E-state index contributed by atoms with van der Waals surface area (Å²) < 4.78 is 0. The SMILES string of the molecule is CC(C)CNCC1CCC(C)CC1Cc1cncs1. The first-order chi connectivity index (χ1) is 9.15. The van der Waals surface area contributed by atoms with E-state index in [1.165, 1.54) is 37.1 Å².